The third-order valence-corrected chi connectivity index (χ3v) is 3.75. The van der Waals surface area contributed by atoms with Gasteiger partial charge in [0.05, 0.1) is 0 Å². The Labute approximate surface area is 97.1 Å². The molecule has 4 unspecified atom stereocenters. The van der Waals surface area contributed by atoms with Gasteiger partial charge in [-0.3, -0.25) is 4.79 Å². The van der Waals surface area contributed by atoms with Crippen molar-refractivity contribution in [1.82, 2.24) is 10.6 Å². The van der Waals surface area contributed by atoms with E-state index in [1.807, 2.05) is 0 Å². The summed E-state index contributed by atoms with van der Waals surface area (Å²) < 4.78 is 5.39. The summed E-state index contributed by atoms with van der Waals surface area (Å²) >= 11 is 0. The van der Waals surface area contributed by atoms with Crippen LogP contribution in [0.25, 0.3) is 0 Å². The van der Waals surface area contributed by atoms with E-state index in [1.54, 1.807) is 0 Å². The molecule has 2 N–H and O–H groups in total. The molecular formula is C12H22N2O2. The van der Waals surface area contributed by atoms with E-state index in [0.29, 0.717) is 12.0 Å². The summed E-state index contributed by atoms with van der Waals surface area (Å²) in [6, 6.07) is 0.597. The number of amides is 1. The van der Waals surface area contributed by atoms with Crippen molar-refractivity contribution in [3.8, 4) is 0 Å². The van der Waals surface area contributed by atoms with Gasteiger partial charge in [-0.05, 0) is 38.6 Å². The van der Waals surface area contributed by atoms with Crippen molar-refractivity contribution in [2.24, 2.45) is 5.92 Å². The molecule has 0 bridgehead atoms. The predicted octanol–water partition coefficient (Wildman–Crippen LogP) is 0.668. The average molecular weight is 226 g/mol. The van der Waals surface area contributed by atoms with Crippen LogP contribution in [-0.4, -0.2) is 37.2 Å². The second-order valence-electron chi connectivity index (χ2n) is 5.04. The topological polar surface area (TPSA) is 50.4 Å². The second-order valence-corrected chi connectivity index (χ2v) is 5.04. The molecule has 1 amide bonds. The van der Waals surface area contributed by atoms with E-state index in [9.17, 15) is 4.79 Å². The number of hydrogen-bond acceptors (Lipinski definition) is 3. The molecule has 0 aromatic heterocycles. The standard InChI is InChI=1S/C12H22N2O2/c1-8-5-6-13-9(2)11(8)14-12(15)10-4-3-7-16-10/h8-11,13H,3-7H2,1-2H3,(H,14,15). The van der Waals surface area contributed by atoms with Gasteiger partial charge in [-0.15, -0.1) is 0 Å². The molecule has 16 heavy (non-hydrogen) atoms. The SMILES string of the molecule is CC1CCNC(C)C1NC(=O)C1CCCO1. The molecule has 4 heteroatoms. The van der Waals surface area contributed by atoms with Crippen LogP contribution in [0.2, 0.25) is 0 Å². The van der Waals surface area contributed by atoms with Crippen molar-refractivity contribution in [3.63, 3.8) is 0 Å². The van der Waals surface area contributed by atoms with Gasteiger partial charge >= 0.3 is 0 Å². The third-order valence-electron chi connectivity index (χ3n) is 3.75. The Morgan fingerprint density at radius 1 is 1.38 bits per heavy atom. The molecule has 2 saturated heterocycles. The summed E-state index contributed by atoms with van der Waals surface area (Å²) in [4.78, 5) is 11.9. The first-order chi connectivity index (χ1) is 7.68. The fraction of sp³-hybridized carbons (Fsp3) is 0.917. The molecule has 0 aromatic carbocycles. The Bertz CT molecular complexity index is 241. The number of carbonyl (C=O) groups excluding carboxylic acids is 1. The van der Waals surface area contributed by atoms with Crippen molar-refractivity contribution in [3.05, 3.63) is 0 Å². The quantitative estimate of drug-likeness (QED) is 0.727. The normalized spacial score (nSPS) is 39.6. The number of carbonyl (C=O) groups is 1. The van der Waals surface area contributed by atoms with Gasteiger partial charge in [0.15, 0.2) is 0 Å². The van der Waals surface area contributed by atoms with Crippen molar-refractivity contribution in [2.45, 2.75) is 51.3 Å². The zero-order chi connectivity index (χ0) is 11.5. The lowest BCUT2D eigenvalue weighted by molar-refractivity contribution is -0.131. The molecule has 0 spiro atoms. The van der Waals surface area contributed by atoms with Crippen LogP contribution in [-0.2, 0) is 9.53 Å². The van der Waals surface area contributed by atoms with Gasteiger partial charge in [0.25, 0.3) is 0 Å². The maximum Gasteiger partial charge on any atom is 0.249 e. The Kier molecular flexibility index (Phi) is 3.82. The summed E-state index contributed by atoms with van der Waals surface area (Å²) in [6.45, 7) is 6.12. The molecule has 0 radical (unpaired) electrons. The first kappa shape index (κ1) is 11.9. The van der Waals surface area contributed by atoms with Gasteiger partial charge in [0.1, 0.15) is 6.10 Å². The lowest BCUT2D eigenvalue weighted by Gasteiger charge is -2.36. The summed E-state index contributed by atoms with van der Waals surface area (Å²) in [6.07, 6.45) is 2.79. The largest absolute Gasteiger partial charge is 0.368 e. The highest BCUT2D eigenvalue weighted by atomic mass is 16.5. The minimum absolute atomic E-state index is 0.0740. The van der Waals surface area contributed by atoms with Crippen molar-refractivity contribution in [2.75, 3.05) is 13.2 Å². The molecule has 0 aromatic rings. The first-order valence-corrected chi connectivity index (χ1v) is 6.34. The zero-order valence-corrected chi connectivity index (χ0v) is 10.2. The molecule has 0 aliphatic carbocycles. The number of nitrogens with one attached hydrogen (secondary N) is 2. The van der Waals surface area contributed by atoms with Crippen molar-refractivity contribution < 1.29 is 9.53 Å². The second kappa shape index (κ2) is 5.15. The third kappa shape index (κ3) is 2.55. The number of rotatable bonds is 2. The van der Waals surface area contributed by atoms with Crippen molar-refractivity contribution >= 4 is 5.91 Å². The van der Waals surface area contributed by atoms with Crippen molar-refractivity contribution in [1.29, 1.82) is 0 Å². The summed E-state index contributed by atoms with van der Waals surface area (Å²) in [7, 11) is 0. The Balaban J connectivity index is 1.88. The molecule has 2 rings (SSSR count). The van der Waals surface area contributed by atoms with Gasteiger partial charge in [-0.2, -0.15) is 0 Å². The maximum absolute atomic E-state index is 11.9. The fourth-order valence-electron chi connectivity index (χ4n) is 2.65. The van der Waals surface area contributed by atoms with Gasteiger partial charge in [0, 0.05) is 18.7 Å². The highest BCUT2D eigenvalue weighted by Crippen LogP contribution is 2.18. The Morgan fingerprint density at radius 2 is 2.19 bits per heavy atom. The molecular weight excluding hydrogens is 204 g/mol. The maximum atomic E-state index is 11.9. The monoisotopic (exact) mass is 226 g/mol. The molecule has 2 aliphatic rings. The van der Waals surface area contributed by atoms with Crippen LogP contribution in [0.5, 0.6) is 0 Å². The molecule has 0 saturated carbocycles. The van der Waals surface area contributed by atoms with Crippen LogP contribution in [0.15, 0.2) is 0 Å². The number of hydrogen-bond donors (Lipinski definition) is 2. The van der Waals surface area contributed by atoms with Gasteiger partial charge in [-0.1, -0.05) is 6.92 Å². The molecule has 2 heterocycles. The number of piperidine rings is 1. The minimum atomic E-state index is -0.207. The van der Waals surface area contributed by atoms with E-state index in [-0.39, 0.29) is 18.1 Å². The molecule has 2 aliphatic heterocycles. The van der Waals surface area contributed by atoms with E-state index in [2.05, 4.69) is 24.5 Å². The van der Waals surface area contributed by atoms with E-state index in [4.69, 9.17) is 4.74 Å². The van der Waals surface area contributed by atoms with E-state index < -0.39 is 0 Å². The van der Waals surface area contributed by atoms with Gasteiger partial charge in [0.2, 0.25) is 5.91 Å². The van der Waals surface area contributed by atoms with Gasteiger partial charge in [-0.25, -0.2) is 0 Å². The van der Waals surface area contributed by atoms with E-state index in [1.165, 1.54) is 0 Å². The average Bonchev–Trinajstić information content (AvgIpc) is 2.76. The van der Waals surface area contributed by atoms with Crippen LogP contribution in [0, 0.1) is 5.92 Å². The predicted molar refractivity (Wildman–Crippen MR) is 62.2 cm³/mol. The summed E-state index contributed by atoms with van der Waals surface area (Å²) in [5.74, 6) is 0.617. The number of ether oxygens (including phenoxy) is 1. The van der Waals surface area contributed by atoms with Crippen LogP contribution < -0.4 is 10.6 Å². The zero-order valence-electron chi connectivity index (χ0n) is 10.2. The lowest BCUT2D eigenvalue weighted by atomic mass is 9.89. The molecule has 2 fully saturated rings. The minimum Gasteiger partial charge on any atom is -0.368 e. The summed E-state index contributed by atoms with van der Waals surface area (Å²) in [5.41, 5.74) is 0. The van der Waals surface area contributed by atoms with Crippen LogP contribution in [0.1, 0.15) is 33.1 Å². The van der Waals surface area contributed by atoms with E-state index in [0.717, 1.165) is 32.4 Å². The highest BCUT2D eigenvalue weighted by molar-refractivity contribution is 5.81. The first-order valence-electron chi connectivity index (χ1n) is 6.34. The van der Waals surface area contributed by atoms with Crippen LogP contribution >= 0.6 is 0 Å². The Hall–Kier alpha value is -0.610. The van der Waals surface area contributed by atoms with Crippen LogP contribution in [0.3, 0.4) is 0 Å². The smallest absolute Gasteiger partial charge is 0.249 e. The van der Waals surface area contributed by atoms with Crippen LogP contribution in [0.4, 0.5) is 0 Å². The highest BCUT2D eigenvalue weighted by Gasteiger charge is 2.32. The lowest BCUT2D eigenvalue weighted by Crippen LogP contribution is -2.57. The molecule has 92 valence electrons. The molecule has 4 atom stereocenters. The molecule has 4 nitrogen and oxygen atoms in total. The summed E-state index contributed by atoms with van der Waals surface area (Å²) in [5, 5.41) is 6.54. The van der Waals surface area contributed by atoms with Gasteiger partial charge < -0.3 is 15.4 Å². The van der Waals surface area contributed by atoms with E-state index >= 15 is 0 Å². The Morgan fingerprint density at radius 3 is 2.81 bits per heavy atom. The fourth-order valence-corrected chi connectivity index (χ4v) is 2.65.